The molecule has 0 amide bonds. The molecule has 4 aromatic carbocycles. The predicted molar refractivity (Wildman–Crippen MR) is 128 cm³/mol. The molecule has 3 nitrogen and oxygen atoms in total. The van der Waals surface area contributed by atoms with Crippen LogP contribution in [0.15, 0.2) is 124 Å². The van der Waals surface area contributed by atoms with Gasteiger partial charge in [0.05, 0.1) is 0 Å². The van der Waals surface area contributed by atoms with E-state index in [1.807, 2.05) is 109 Å². The average Bonchev–Trinajstić information content (AvgIpc) is 2.85. The Hall–Kier alpha value is -3.28. The Labute approximate surface area is 189 Å². The molecule has 4 aromatic rings. The zero-order chi connectivity index (χ0) is 21.5. The van der Waals surface area contributed by atoms with Gasteiger partial charge in [0.25, 0.3) is 0 Å². The second-order valence-electron chi connectivity index (χ2n) is 6.67. The Bertz CT molecular complexity index is 1210. The highest BCUT2D eigenvalue weighted by Crippen LogP contribution is 2.41. The van der Waals surface area contributed by atoms with Gasteiger partial charge in [0.15, 0.2) is 5.78 Å². The van der Waals surface area contributed by atoms with Crippen LogP contribution in [0.2, 0.25) is 0 Å². The lowest BCUT2D eigenvalue weighted by molar-refractivity contribution is 0.103. The molecule has 0 aromatic heterocycles. The minimum atomic E-state index is -0.000481. The molecule has 0 aliphatic rings. The van der Waals surface area contributed by atoms with Crippen molar-refractivity contribution in [3.8, 4) is 0 Å². The number of ketones is 1. The van der Waals surface area contributed by atoms with Crippen LogP contribution in [-0.2, 0) is 0 Å². The number of oxime groups is 1. The van der Waals surface area contributed by atoms with Crippen molar-refractivity contribution in [3.05, 3.63) is 131 Å². The topological polar surface area (TPSA) is 49.7 Å². The fourth-order valence-corrected chi connectivity index (χ4v) is 5.52. The maximum atomic E-state index is 13.0. The zero-order valence-corrected chi connectivity index (χ0v) is 18.1. The highest BCUT2D eigenvalue weighted by atomic mass is 33.1. The molecule has 0 radical (unpaired) electrons. The van der Waals surface area contributed by atoms with Crippen LogP contribution in [-0.4, -0.2) is 16.7 Å². The van der Waals surface area contributed by atoms with E-state index in [1.165, 1.54) is 21.6 Å². The number of carbonyl (C=O) groups is 1. The highest BCUT2D eigenvalue weighted by Gasteiger charge is 2.16. The first-order valence-corrected chi connectivity index (χ1v) is 11.8. The first kappa shape index (κ1) is 21.0. The molecule has 152 valence electrons. The summed E-state index contributed by atoms with van der Waals surface area (Å²) in [6.07, 6.45) is 0. The zero-order valence-electron chi connectivity index (χ0n) is 16.5. The average molecular weight is 442 g/mol. The molecule has 0 atom stereocenters. The third-order valence-electron chi connectivity index (χ3n) is 4.68. The van der Waals surface area contributed by atoms with Gasteiger partial charge in [0.1, 0.15) is 5.71 Å². The van der Waals surface area contributed by atoms with Crippen molar-refractivity contribution in [3.63, 3.8) is 0 Å². The summed E-state index contributed by atoms with van der Waals surface area (Å²) >= 11 is 0. The Morgan fingerprint density at radius 2 is 1.03 bits per heavy atom. The van der Waals surface area contributed by atoms with Crippen LogP contribution < -0.4 is 0 Å². The maximum Gasteiger partial charge on any atom is 0.194 e. The van der Waals surface area contributed by atoms with Gasteiger partial charge in [-0.2, -0.15) is 0 Å². The van der Waals surface area contributed by atoms with Crippen molar-refractivity contribution in [1.29, 1.82) is 0 Å². The van der Waals surface area contributed by atoms with Crippen LogP contribution in [0.5, 0.6) is 0 Å². The standard InChI is InChI=1S/C26H19NO2S2/c28-26(20-13-5-2-6-14-20)22-16-8-10-18-24(22)31-30-23-17-9-7-15-21(23)25(27-29)19-11-3-1-4-12-19/h1-18,29H/b27-25+. The number of hydrogen-bond acceptors (Lipinski definition) is 5. The first-order chi connectivity index (χ1) is 15.3. The van der Waals surface area contributed by atoms with Crippen LogP contribution in [0.4, 0.5) is 0 Å². The van der Waals surface area contributed by atoms with Gasteiger partial charge in [-0.25, -0.2) is 0 Å². The SMILES string of the molecule is O=C(c1ccccc1)c1ccccc1SSc1ccccc1/C(=N/O)c1ccccc1. The Morgan fingerprint density at radius 3 is 1.61 bits per heavy atom. The molecule has 4 rings (SSSR count). The summed E-state index contributed by atoms with van der Waals surface area (Å²) < 4.78 is 0. The van der Waals surface area contributed by atoms with Crippen molar-refractivity contribution in [2.75, 3.05) is 0 Å². The number of hydrogen-bond donors (Lipinski definition) is 1. The smallest absolute Gasteiger partial charge is 0.194 e. The molecule has 0 heterocycles. The molecule has 0 unspecified atom stereocenters. The van der Waals surface area contributed by atoms with Crippen LogP contribution >= 0.6 is 21.6 Å². The highest BCUT2D eigenvalue weighted by molar-refractivity contribution is 8.76. The van der Waals surface area contributed by atoms with Crippen LogP contribution in [0, 0.1) is 0 Å². The normalized spacial score (nSPS) is 11.3. The summed E-state index contributed by atoms with van der Waals surface area (Å²) in [4.78, 5) is 14.8. The van der Waals surface area contributed by atoms with E-state index in [0.717, 1.165) is 20.9 Å². The first-order valence-electron chi connectivity index (χ1n) is 9.68. The third-order valence-corrected chi connectivity index (χ3v) is 7.16. The minimum Gasteiger partial charge on any atom is -0.410 e. The number of benzene rings is 4. The lowest BCUT2D eigenvalue weighted by atomic mass is 10.0. The molecule has 0 saturated heterocycles. The number of carbonyl (C=O) groups excluding carboxylic acids is 1. The summed E-state index contributed by atoms with van der Waals surface area (Å²) in [5.41, 5.74) is 3.52. The quantitative estimate of drug-likeness (QED) is 0.111. The van der Waals surface area contributed by atoms with Crippen LogP contribution in [0.25, 0.3) is 0 Å². The van der Waals surface area contributed by atoms with Gasteiger partial charge in [-0.05, 0) is 18.2 Å². The van der Waals surface area contributed by atoms with Crippen LogP contribution in [0.3, 0.4) is 0 Å². The molecule has 0 saturated carbocycles. The van der Waals surface area contributed by atoms with Gasteiger partial charge in [0, 0.05) is 32.0 Å². The molecule has 0 aliphatic heterocycles. The van der Waals surface area contributed by atoms with E-state index in [-0.39, 0.29) is 5.78 Å². The molecule has 0 bridgehead atoms. The van der Waals surface area contributed by atoms with Crippen molar-refractivity contribution >= 4 is 33.1 Å². The van der Waals surface area contributed by atoms with Crippen molar-refractivity contribution < 1.29 is 10.0 Å². The summed E-state index contributed by atoms with van der Waals surface area (Å²) in [5, 5.41) is 13.3. The summed E-state index contributed by atoms with van der Waals surface area (Å²) in [6, 6.07) is 34.3. The monoisotopic (exact) mass is 441 g/mol. The lowest BCUT2D eigenvalue weighted by Crippen LogP contribution is -2.04. The second-order valence-corrected chi connectivity index (χ2v) is 8.88. The van der Waals surface area contributed by atoms with Gasteiger partial charge in [-0.1, -0.05) is 118 Å². The molecule has 1 N–H and O–H groups in total. The van der Waals surface area contributed by atoms with Gasteiger partial charge in [-0.3, -0.25) is 4.79 Å². The summed E-state index contributed by atoms with van der Waals surface area (Å²) in [6.45, 7) is 0. The summed E-state index contributed by atoms with van der Waals surface area (Å²) in [5.74, 6) is -0.000481. The minimum absolute atomic E-state index is 0.000481. The Morgan fingerprint density at radius 1 is 0.581 bits per heavy atom. The van der Waals surface area contributed by atoms with E-state index < -0.39 is 0 Å². The van der Waals surface area contributed by atoms with Crippen molar-refractivity contribution in [2.24, 2.45) is 5.16 Å². The molecule has 31 heavy (non-hydrogen) atoms. The van der Waals surface area contributed by atoms with E-state index in [4.69, 9.17) is 0 Å². The van der Waals surface area contributed by atoms with E-state index in [9.17, 15) is 10.0 Å². The van der Waals surface area contributed by atoms with Gasteiger partial charge in [-0.15, -0.1) is 0 Å². The van der Waals surface area contributed by atoms with Gasteiger partial charge in [0.2, 0.25) is 0 Å². The molecule has 0 aliphatic carbocycles. The van der Waals surface area contributed by atoms with E-state index in [2.05, 4.69) is 5.16 Å². The molecule has 5 heteroatoms. The summed E-state index contributed by atoms with van der Waals surface area (Å²) in [7, 11) is 3.06. The van der Waals surface area contributed by atoms with E-state index >= 15 is 0 Å². The van der Waals surface area contributed by atoms with Gasteiger partial charge >= 0.3 is 0 Å². The van der Waals surface area contributed by atoms with Gasteiger partial charge < -0.3 is 5.21 Å². The predicted octanol–water partition coefficient (Wildman–Crippen LogP) is 6.94. The largest absolute Gasteiger partial charge is 0.410 e. The fourth-order valence-electron chi connectivity index (χ4n) is 3.16. The molecule has 0 spiro atoms. The van der Waals surface area contributed by atoms with E-state index in [0.29, 0.717) is 16.8 Å². The number of nitrogens with zero attached hydrogens (tertiary/aromatic N) is 1. The second kappa shape index (κ2) is 10.2. The molecule has 0 fully saturated rings. The molecular weight excluding hydrogens is 422 g/mol. The van der Waals surface area contributed by atoms with E-state index in [1.54, 1.807) is 0 Å². The lowest BCUT2D eigenvalue weighted by Gasteiger charge is -2.12. The number of rotatable bonds is 7. The fraction of sp³-hybridized carbons (Fsp3) is 0. The van der Waals surface area contributed by atoms with Crippen molar-refractivity contribution in [2.45, 2.75) is 9.79 Å². The van der Waals surface area contributed by atoms with Crippen LogP contribution in [0.1, 0.15) is 27.0 Å². The Balaban J connectivity index is 1.61. The molecular formula is C26H19NO2S2. The Kier molecular flexibility index (Phi) is 6.87. The van der Waals surface area contributed by atoms with Crippen molar-refractivity contribution in [1.82, 2.24) is 0 Å². The maximum absolute atomic E-state index is 13.0. The third kappa shape index (κ3) is 4.90.